The largest absolute Gasteiger partial charge is 0.494 e. The van der Waals surface area contributed by atoms with E-state index in [1.54, 1.807) is 24.3 Å². The number of carbonyl (C=O) groups is 2. The van der Waals surface area contributed by atoms with Gasteiger partial charge in [-0.25, -0.2) is 0 Å². The summed E-state index contributed by atoms with van der Waals surface area (Å²) in [6.45, 7) is 3.69. The van der Waals surface area contributed by atoms with E-state index in [4.69, 9.17) is 9.84 Å². The zero-order chi connectivity index (χ0) is 13.5. The van der Waals surface area contributed by atoms with E-state index in [-0.39, 0.29) is 12.3 Å². The van der Waals surface area contributed by atoms with E-state index in [1.165, 1.54) is 6.92 Å². The second-order valence-corrected chi connectivity index (χ2v) is 3.82. The van der Waals surface area contributed by atoms with Crippen LogP contribution in [0.3, 0.4) is 0 Å². The minimum Gasteiger partial charge on any atom is -0.494 e. The lowest BCUT2D eigenvalue weighted by atomic mass is 10.0. The van der Waals surface area contributed by atoms with Gasteiger partial charge in [-0.3, -0.25) is 9.59 Å². The van der Waals surface area contributed by atoms with Gasteiger partial charge in [0.25, 0.3) is 0 Å². The summed E-state index contributed by atoms with van der Waals surface area (Å²) in [5.74, 6) is -0.646. The van der Waals surface area contributed by atoms with Crippen LogP contribution in [0.2, 0.25) is 0 Å². The number of rotatable bonds is 6. The highest BCUT2D eigenvalue weighted by atomic mass is 16.5. The van der Waals surface area contributed by atoms with Crippen molar-refractivity contribution < 1.29 is 19.4 Å². The molecule has 0 aliphatic rings. The molecule has 0 heterocycles. The molecule has 0 aliphatic carbocycles. The van der Waals surface area contributed by atoms with Gasteiger partial charge in [-0.1, -0.05) is 18.2 Å². The summed E-state index contributed by atoms with van der Waals surface area (Å²) in [6, 6.07) is 6.53. The minimum absolute atomic E-state index is 0.177. The molecule has 1 amide bonds. The third-order valence-electron chi connectivity index (χ3n) is 2.35. The summed E-state index contributed by atoms with van der Waals surface area (Å²) in [4.78, 5) is 22.0. The Morgan fingerprint density at radius 3 is 2.61 bits per heavy atom. The molecule has 5 nitrogen and oxygen atoms in total. The minimum atomic E-state index is -0.972. The van der Waals surface area contributed by atoms with Crippen molar-refractivity contribution >= 4 is 11.9 Å². The highest BCUT2D eigenvalue weighted by Gasteiger charge is 2.19. The fourth-order valence-electron chi connectivity index (χ4n) is 1.71. The average molecular weight is 251 g/mol. The lowest BCUT2D eigenvalue weighted by Gasteiger charge is -2.19. The number of hydrogen-bond donors (Lipinski definition) is 2. The second kappa shape index (κ2) is 6.64. The molecule has 0 bridgehead atoms. The van der Waals surface area contributed by atoms with E-state index in [2.05, 4.69) is 5.32 Å². The third kappa shape index (κ3) is 4.08. The normalized spacial score (nSPS) is 11.7. The molecule has 0 aliphatic heterocycles. The van der Waals surface area contributed by atoms with E-state index >= 15 is 0 Å². The molecule has 0 saturated heterocycles. The van der Waals surface area contributed by atoms with Crippen molar-refractivity contribution in [1.29, 1.82) is 0 Å². The summed E-state index contributed by atoms with van der Waals surface area (Å²) in [5, 5.41) is 11.5. The Hall–Kier alpha value is -2.04. The van der Waals surface area contributed by atoms with E-state index in [0.717, 1.165) is 0 Å². The molecule has 2 N–H and O–H groups in total. The van der Waals surface area contributed by atoms with Crippen LogP contribution in [0.4, 0.5) is 0 Å². The highest BCUT2D eigenvalue weighted by Crippen LogP contribution is 2.27. The van der Waals surface area contributed by atoms with Gasteiger partial charge in [-0.15, -0.1) is 0 Å². The maximum absolute atomic E-state index is 11.1. The molecule has 0 spiro atoms. The number of carboxylic acid groups (broad SMARTS) is 1. The Labute approximate surface area is 106 Å². The van der Waals surface area contributed by atoms with Crippen molar-refractivity contribution in [2.45, 2.75) is 26.3 Å². The number of para-hydroxylation sites is 1. The molecular weight excluding hydrogens is 234 g/mol. The Balaban J connectivity index is 3.02. The van der Waals surface area contributed by atoms with Gasteiger partial charge in [0.05, 0.1) is 19.1 Å². The summed E-state index contributed by atoms with van der Waals surface area (Å²) in [5.41, 5.74) is 0.678. The quantitative estimate of drug-likeness (QED) is 0.807. The van der Waals surface area contributed by atoms with Gasteiger partial charge in [0.2, 0.25) is 5.91 Å². The summed E-state index contributed by atoms with van der Waals surface area (Å²) < 4.78 is 5.44. The molecule has 1 rings (SSSR count). The Morgan fingerprint density at radius 1 is 1.39 bits per heavy atom. The van der Waals surface area contributed by atoms with Crippen molar-refractivity contribution in [2.75, 3.05) is 6.61 Å². The number of ether oxygens (including phenoxy) is 1. The fourth-order valence-corrected chi connectivity index (χ4v) is 1.71. The van der Waals surface area contributed by atoms with E-state index in [1.807, 2.05) is 6.92 Å². The van der Waals surface area contributed by atoms with E-state index in [9.17, 15) is 9.59 Å². The summed E-state index contributed by atoms with van der Waals surface area (Å²) in [7, 11) is 0. The molecule has 0 unspecified atom stereocenters. The standard InChI is InChI=1S/C13H17NO4/c1-3-18-12-7-5-4-6-10(12)11(8-13(16)17)14-9(2)15/h4-7,11H,3,8H2,1-2H3,(H,14,15)(H,16,17)/t11-/m0/s1. The molecule has 1 atom stereocenters. The first kappa shape index (κ1) is 14.0. The van der Waals surface area contributed by atoms with E-state index in [0.29, 0.717) is 17.9 Å². The molecule has 0 saturated carbocycles. The topological polar surface area (TPSA) is 75.6 Å². The predicted molar refractivity (Wildman–Crippen MR) is 66.4 cm³/mol. The van der Waals surface area contributed by atoms with Crippen LogP contribution in [-0.4, -0.2) is 23.6 Å². The number of nitrogens with one attached hydrogen (secondary N) is 1. The first-order chi connectivity index (χ1) is 8.54. The molecule has 1 aromatic carbocycles. The van der Waals surface area contributed by atoms with Crippen LogP contribution in [0, 0.1) is 0 Å². The Morgan fingerprint density at radius 2 is 2.06 bits per heavy atom. The second-order valence-electron chi connectivity index (χ2n) is 3.82. The smallest absolute Gasteiger partial charge is 0.305 e. The first-order valence-electron chi connectivity index (χ1n) is 5.75. The van der Waals surface area contributed by atoms with Crippen molar-refractivity contribution in [2.24, 2.45) is 0 Å². The van der Waals surface area contributed by atoms with Gasteiger partial charge >= 0.3 is 5.97 Å². The van der Waals surface area contributed by atoms with Gasteiger partial charge in [0, 0.05) is 12.5 Å². The zero-order valence-electron chi connectivity index (χ0n) is 10.5. The van der Waals surface area contributed by atoms with Gasteiger partial charge in [-0.2, -0.15) is 0 Å². The van der Waals surface area contributed by atoms with Crippen LogP contribution in [0.25, 0.3) is 0 Å². The van der Waals surface area contributed by atoms with Gasteiger partial charge in [0.15, 0.2) is 0 Å². The van der Waals surface area contributed by atoms with Crippen molar-refractivity contribution in [1.82, 2.24) is 5.32 Å². The maximum Gasteiger partial charge on any atom is 0.305 e. The van der Waals surface area contributed by atoms with Crippen LogP contribution in [0.5, 0.6) is 5.75 Å². The first-order valence-corrected chi connectivity index (χ1v) is 5.75. The molecule has 5 heteroatoms. The van der Waals surface area contributed by atoms with Crippen LogP contribution in [-0.2, 0) is 9.59 Å². The van der Waals surface area contributed by atoms with Crippen molar-refractivity contribution in [3.63, 3.8) is 0 Å². The SMILES string of the molecule is CCOc1ccccc1[C@H](CC(=O)O)NC(C)=O. The van der Waals surface area contributed by atoms with Gasteiger partial charge in [0.1, 0.15) is 5.75 Å². The number of aliphatic carboxylic acids is 1. The Bertz CT molecular complexity index is 415. The van der Waals surface area contributed by atoms with Crippen LogP contribution in [0.15, 0.2) is 24.3 Å². The van der Waals surface area contributed by atoms with Gasteiger partial charge < -0.3 is 15.2 Å². The van der Waals surface area contributed by atoms with Crippen molar-refractivity contribution in [3.05, 3.63) is 29.8 Å². The molecule has 0 fully saturated rings. The lowest BCUT2D eigenvalue weighted by Crippen LogP contribution is -2.28. The fraction of sp³-hybridized carbons (Fsp3) is 0.385. The molecule has 18 heavy (non-hydrogen) atoms. The number of carbonyl (C=O) groups excluding carboxylic acids is 1. The number of hydrogen-bond acceptors (Lipinski definition) is 3. The van der Waals surface area contributed by atoms with E-state index < -0.39 is 12.0 Å². The average Bonchev–Trinajstić information content (AvgIpc) is 2.28. The summed E-state index contributed by atoms with van der Waals surface area (Å²) in [6.07, 6.45) is -0.177. The monoisotopic (exact) mass is 251 g/mol. The highest BCUT2D eigenvalue weighted by molar-refractivity contribution is 5.75. The van der Waals surface area contributed by atoms with Crippen LogP contribution in [0.1, 0.15) is 31.9 Å². The van der Waals surface area contributed by atoms with Crippen molar-refractivity contribution in [3.8, 4) is 5.75 Å². The predicted octanol–water partition coefficient (Wildman–Crippen LogP) is 1.74. The van der Waals surface area contributed by atoms with Crippen LogP contribution < -0.4 is 10.1 Å². The Kier molecular flexibility index (Phi) is 5.17. The number of amides is 1. The lowest BCUT2D eigenvalue weighted by molar-refractivity contribution is -0.137. The van der Waals surface area contributed by atoms with Crippen LogP contribution >= 0.6 is 0 Å². The maximum atomic E-state index is 11.1. The molecule has 1 aromatic rings. The summed E-state index contributed by atoms with van der Waals surface area (Å²) >= 11 is 0. The molecule has 0 aromatic heterocycles. The number of carboxylic acids is 1. The number of benzene rings is 1. The molecule has 98 valence electrons. The molecular formula is C13H17NO4. The molecule has 0 radical (unpaired) electrons. The zero-order valence-corrected chi connectivity index (χ0v) is 10.5. The third-order valence-corrected chi connectivity index (χ3v) is 2.35. The van der Waals surface area contributed by atoms with Gasteiger partial charge in [-0.05, 0) is 13.0 Å².